The molecule has 35 heavy (non-hydrogen) atoms. The Hall–Kier alpha value is -2.75. The smallest absolute Gasteiger partial charge is 0.336 e. The lowest BCUT2D eigenvalue weighted by Crippen LogP contribution is -2.40. The summed E-state index contributed by atoms with van der Waals surface area (Å²) < 4.78 is 39.4. The molecule has 188 valence electrons. The highest BCUT2D eigenvalue weighted by Crippen LogP contribution is 2.39. The van der Waals surface area contributed by atoms with E-state index < -0.39 is 11.7 Å². The fourth-order valence-corrected chi connectivity index (χ4v) is 5.06. The molecule has 0 saturated carbocycles. The molecule has 0 aliphatic heterocycles. The number of anilines is 2. The van der Waals surface area contributed by atoms with Crippen LogP contribution >= 0.6 is 0 Å². The quantitative estimate of drug-likeness (QED) is 0.294. The lowest BCUT2D eigenvalue weighted by atomic mass is 9.80. The van der Waals surface area contributed by atoms with E-state index in [2.05, 4.69) is 95.0 Å². The molecule has 0 aliphatic rings. The van der Waals surface area contributed by atoms with E-state index in [-0.39, 0.29) is 11.0 Å². The molecule has 0 aromatic heterocycles. The number of alkyl halides is 3. The Bertz CT molecular complexity index is 1080. The van der Waals surface area contributed by atoms with E-state index in [1.165, 1.54) is 17.7 Å². The number of hydrogen-bond donors (Lipinski definition) is 0. The fraction of sp³-hybridized carbons (Fsp3) is 0.419. The van der Waals surface area contributed by atoms with Crippen LogP contribution in [0.25, 0.3) is 11.1 Å². The van der Waals surface area contributed by atoms with E-state index in [0.29, 0.717) is 0 Å². The number of rotatable bonds is 9. The zero-order valence-corrected chi connectivity index (χ0v) is 21.8. The van der Waals surface area contributed by atoms with E-state index in [9.17, 15) is 13.2 Å². The van der Waals surface area contributed by atoms with Crippen molar-refractivity contribution in [3.63, 3.8) is 0 Å². The van der Waals surface area contributed by atoms with E-state index >= 15 is 0 Å². The van der Waals surface area contributed by atoms with Crippen molar-refractivity contribution in [1.82, 2.24) is 0 Å². The lowest BCUT2D eigenvalue weighted by Gasteiger charge is -2.41. The molecule has 0 amide bonds. The van der Waals surface area contributed by atoms with Crippen LogP contribution in [-0.2, 0) is 11.6 Å². The van der Waals surface area contributed by atoms with Crippen LogP contribution < -0.4 is 4.90 Å². The summed E-state index contributed by atoms with van der Waals surface area (Å²) in [5, 5.41) is 0. The molecule has 0 spiro atoms. The number of nitrogens with zero attached hydrogens (tertiary/aromatic N) is 1. The van der Waals surface area contributed by atoms with Crippen LogP contribution in [-0.4, -0.2) is 5.54 Å². The molecule has 0 heterocycles. The molecule has 3 aromatic rings. The van der Waals surface area contributed by atoms with E-state index in [1.54, 1.807) is 12.1 Å². The normalized spacial score (nSPS) is 12.6. The molecule has 3 aromatic carbocycles. The zero-order valence-electron chi connectivity index (χ0n) is 21.8. The van der Waals surface area contributed by atoms with Gasteiger partial charge in [-0.25, -0.2) is 0 Å². The van der Waals surface area contributed by atoms with Crippen molar-refractivity contribution in [3.8, 4) is 11.1 Å². The molecule has 4 heteroatoms. The lowest BCUT2D eigenvalue weighted by molar-refractivity contribution is -0.137. The van der Waals surface area contributed by atoms with Crippen LogP contribution in [0, 0.1) is 0 Å². The highest BCUT2D eigenvalue weighted by atomic mass is 19.4. The molecule has 0 radical (unpaired) electrons. The summed E-state index contributed by atoms with van der Waals surface area (Å²) in [5.41, 5.74) is 4.60. The molecule has 0 fully saturated rings. The Morgan fingerprint density at radius 1 is 0.571 bits per heavy atom. The molecule has 0 aliphatic carbocycles. The van der Waals surface area contributed by atoms with Gasteiger partial charge in [-0.2, -0.15) is 13.2 Å². The first-order chi connectivity index (χ1) is 16.4. The molecule has 0 saturated heterocycles. The van der Waals surface area contributed by atoms with Gasteiger partial charge in [0, 0.05) is 16.9 Å². The second kappa shape index (κ2) is 10.5. The maximum absolute atomic E-state index is 13.1. The van der Waals surface area contributed by atoms with E-state index in [4.69, 9.17) is 0 Å². The monoisotopic (exact) mass is 481 g/mol. The van der Waals surface area contributed by atoms with Crippen LogP contribution in [0.1, 0.15) is 78.4 Å². The summed E-state index contributed by atoms with van der Waals surface area (Å²) in [6.07, 6.45) is -0.159. The predicted molar refractivity (Wildman–Crippen MR) is 142 cm³/mol. The Balaban J connectivity index is 1.93. The Morgan fingerprint density at radius 3 is 1.40 bits per heavy atom. The van der Waals surface area contributed by atoms with E-state index in [1.807, 2.05) is 0 Å². The van der Waals surface area contributed by atoms with Gasteiger partial charge in [0.15, 0.2) is 0 Å². The highest BCUT2D eigenvalue weighted by molar-refractivity contribution is 5.71. The fourth-order valence-electron chi connectivity index (χ4n) is 5.06. The SMILES string of the molecule is CCCC(C)(C)c1ccc(-c2ccc(N(c3ccc(C(F)(F)F)cc3)C(C)(C)CCC)cc2)cc1. The minimum absolute atomic E-state index is 0.157. The van der Waals surface area contributed by atoms with Crippen LogP contribution in [0.3, 0.4) is 0 Å². The van der Waals surface area contributed by atoms with Crippen molar-refractivity contribution in [3.05, 3.63) is 83.9 Å². The summed E-state index contributed by atoms with van der Waals surface area (Å²) in [6.45, 7) is 13.2. The standard InChI is InChI=1S/C31H38F3N/c1-7-21-29(3,4)25-13-9-23(10-14-25)24-11-17-27(18-12-24)35(30(5,6)22-8-2)28-19-15-26(16-20-28)31(32,33)34/h9-20H,7-8,21-22H2,1-6H3. The molecule has 0 unspecified atom stereocenters. The molecule has 3 rings (SSSR count). The van der Waals surface area contributed by atoms with Gasteiger partial charge in [-0.15, -0.1) is 0 Å². The van der Waals surface area contributed by atoms with Crippen molar-refractivity contribution in [1.29, 1.82) is 0 Å². The average molecular weight is 482 g/mol. The molecule has 0 atom stereocenters. The van der Waals surface area contributed by atoms with Gasteiger partial charge in [0.2, 0.25) is 0 Å². The minimum atomic E-state index is -4.34. The van der Waals surface area contributed by atoms with Gasteiger partial charge in [0.25, 0.3) is 0 Å². The van der Waals surface area contributed by atoms with Crippen LogP contribution in [0.4, 0.5) is 24.5 Å². The predicted octanol–water partition coefficient (Wildman–Crippen LogP) is 10.2. The Kier molecular flexibility index (Phi) is 8.03. The Labute approximate surface area is 209 Å². The molecular weight excluding hydrogens is 443 g/mol. The van der Waals surface area contributed by atoms with Crippen molar-refractivity contribution in [2.45, 2.75) is 84.4 Å². The minimum Gasteiger partial charge on any atom is -0.336 e. The second-order valence-electron chi connectivity index (χ2n) is 10.7. The van der Waals surface area contributed by atoms with Crippen LogP contribution in [0.2, 0.25) is 0 Å². The van der Waals surface area contributed by atoms with E-state index in [0.717, 1.165) is 48.2 Å². The van der Waals surface area contributed by atoms with Gasteiger partial charge in [-0.1, -0.05) is 76.9 Å². The third-order valence-corrected chi connectivity index (χ3v) is 6.92. The summed E-state index contributed by atoms with van der Waals surface area (Å²) in [6, 6.07) is 22.6. The van der Waals surface area contributed by atoms with Gasteiger partial charge in [0.05, 0.1) is 5.56 Å². The average Bonchev–Trinajstić information content (AvgIpc) is 2.79. The summed E-state index contributed by atoms with van der Waals surface area (Å²) in [7, 11) is 0. The zero-order chi connectivity index (χ0) is 25.9. The highest BCUT2D eigenvalue weighted by Gasteiger charge is 2.32. The maximum atomic E-state index is 13.1. The summed E-state index contributed by atoms with van der Waals surface area (Å²) in [4.78, 5) is 2.15. The summed E-state index contributed by atoms with van der Waals surface area (Å²) >= 11 is 0. The third kappa shape index (κ3) is 6.28. The summed E-state index contributed by atoms with van der Waals surface area (Å²) in [5.74, 6) is 0. The first-order valence-corrected chi connectivity index (χ1v) is 12.6. The van der Waals surface area contributed by atoms with Crippen LogP contribution in [0.15, 0.2) is 72.8 Å². The molecule has 1 nitrogen and oxygen atoms in total. The van der Waals surface area contributed by atoms with Gasteiger partial charge >= 0.3 is 6.18 Å². The second-order valence-corrected chi connectivity index (χ2v) is 10.7. The van der Waals surface area contributed by atoms with Crippen molar-refractivity contribution in [2.75, 3.05) is 4.90 Å². The number of benzene rings is 3. The first-order valence-electron chi connectivity index (χ1n) is 12.6. The van der Waals surface area contributed by atoms with Gasteiger partial charge in [-0.3, -0.25) is 0 Å². The molecule has 0 N–H and O–H groups in total. The topological polar surface area (TPSA) is 3.24 Å². The molecule has 0 bridgehead atoms. The third-order valence-electron chi connectivity index (χ3n) is 6.92. The number of halogens is 3. The van der Waals surface area contributed by atoms with Gasteiger partial charge in [-0.05, 0) is 85.2 Å². The van der Waals surface area contributed by atoms with Gasteiger partial charge < -0.3 is 4.90 Å². The van der Waals surface area contributed by atoms with Crippen molar-refractivity contribution >= 4 is 11.4 Å². The number of hydrogen-bond acceptors (Lipinski definition) is 1. The molecular formula is C31H38F3N. The first kappa shape index (κ1) is 26.8. The Morgan fingerprint density at radius 2 is 0.971 bits per heavy atom. The van der Waals surface area contributed by atoms with Gasteiger partial charge in [0.1, 0.15) is 0 Å². The van der Waals surface area contributed by atoms with Crippen molar-refractivity contribution < 1.29 is 13.2 Å². The maximum Gasteiger partial charge on any atom is 0.416 e. The van der Waals surface area contributed by atoms with Crippen molar-refractivity contribution in [2.24, 2.45) is 0 Å². The van der Waals surface area contributed by atoms with Crippen LogP contribution in [0.5, 0.6) is 0 Å². The largest absolute Gasteiger partial charge is 0.416 e.